The summed E-state index contributed by atoms with van der Waals surface area (Å²) >= 11 is 0. The summed E-state index contributed by atoms with van der Waals surface area (Å²) in [5.74, 6) is -0.946. The Labute approximate surface area is 509 Å². The van der Waals surface area contributed by atoms with Crippen LogP contribution in [0.3, 0.4) is 0 Å². The Bertz CT molecular complexity index is 1550. The maximum atomic E-state index is 12.9. The summed E-state index contributed by atoms with van der Waals surface area (Å²) in [6.07, 6.45) is 93.8. The molecule has 0 N–H and O–H groups in total. The average Bonchev–Trinajstić information content (AvgIpc) is 3.47. The van der Waals surface area contributed by atoms with E-state index in [1.165, 1.54) is 225 Å². The number of hydrogen-bond acceptors (Lipinski definition) is 6. The van der Waals surface area contributed by atoms with Gasteiger partial charge < -0.3 is 14.2 Å². The topological polar surface area (TPSA) is 78.9 Å². The SMILES string of the molecule is CC/C=C\C/C=C\C/C=C\C/C=C\C/C=C\C/C=C\C/C=C\CCCC(=O)OC(COC(=O)CCCCCCCCCC)COC(=O)CCCCCCCCCCCCCCCCCCCCCCCCCCCCCCCCCCC. The summed E-state index contributed by atoms with van der Waals surface area (Å²) in [5, 5.41) is 0. The normalized spacial score (nSPS) is 12.6. The molecule has 0 aromatic rings. The first-order chi connectivity index (χ1) is 40.5. The summed E-state index contributed by atoms with van der Waals surface area (Å²) < 4.78 is 16.8. The third-order valence-corrected chi connectivity index (χ3v) is 15.7. The molecule has 0 radical (unpaired) electrons. The molecule has 0 heterocycles. The minimum atomic E-state index is -0.805. The smallest absolute Gasteiger partial charge is 0.306 e. The monoisotopic (exact) mass is 1140 g/mol. The van der Waals surface area contributed by atoms with Gasteiger partial charge in [0.25, 0.3) is 0 Å². The van der Waals surface area contributed by atoms with Crippen LogP contribution in [-0.4, -0.2) is 37.2 Å². The van der Waals surface area contributed by atoms with Crippen LogP contribution in [0.5, 0.6) is 0 Å². The van der Waals surface area contributed by atoms with Crippen molar-refractivity contribution in [3.8, 4) is 0 Å². The molecular weight excluding hydrogens is 1010 g/mol. The molecule has 0 fully saturated rings. The van der Waals surface area contributed by atoms with Gasteiger partial charge in [-0.3, -0.25) is 14.4 Å². The molecule has 474 valence electrons. The first kappa shape index (κ1) is 78.6. The number of hydrogen-bond donors (Lipinski definition) is 0. The molecule has 0 aliphatic heterocycles. The van der Waals surface area contributed by atoms with Crippen LogP contribution in [0.15, 0.2) is 85.1 Å². The zero-order valence-electron chi connectivity index (χ0n) is 54.5. The molecule has 0 aliphatic rings. The molecule has 6 nitrogen and oxygen atoms in total. The largest absolute Gasteiger partial charge is 0.462 e. The van der Waals surface area contributed by atoms with Gasteiger partial charge in [-0.05, 0) is 70.6 Å². The van der Waals surface area contributed by atoms with Gasteiger partial charge in [-0.2, -0.15) is 0 Å². The van der Waals surface area contributed by atoms with Crippen molar-refractivity contribution >= 4 is 17.9 Å². The maximum Gasteiger partial charge on any atom is 0.306 e. The fraction of sp³-hybridized carbons (Fsp3) is 0.776. The second-order valence-corrected chi connectivity index (χ2v) is 23.8. The molecule has 0 aromatic heterocycles. The van der Waals surface area contributed by atoms with Gasteiger partial charge in [0, 0.05) is 19.3 Å². The lowest BCUT2D eigenvalue weighted by molar-refractivity contribution is -0.167. The number of esters is 3. The Morgan fingerprint density at radius 3 is 0.732 bits per heavy atom. The third-order valence-electron chi connectivity index (χ3n) is 15.7. The fourth-order valence-electron chi connectivity index (χ4n) is 10.4. The Morgan fingerprint density at radius 1 is 0.256 bits per heavy atom. The zero-order chi connectivity index (χ0) is 59.2. The highest BCUT2D eigenvalue weighted by molar-refractivity contribution is 5.71. The summed E-state index contributed by atoms with van der Waals surface area (Å²) in [6, 6.07) is 0. The van der Waals surface area contributed by atoms with Crippen molar-refractivity contribution in [3.63, 3.8) is 0 Å². The third kappa shape index (κ3) is 67.4. The molecular formula is C76H134O6. The standard InChI is InChI=1S/C76H134O6/c1-4-7-10-13-16-19-21-23-25-27-29-31-33-34-35-36-37-38-39-40-41-42-44-45-47-49-51-53-55-57-60-63-66-69-75(78)81-72-73(71-80-74(77)68-65-62-59-18-15-12-9-6-3)82-76(79)70-67-64-61-58-56-54-52-50-48-46-43-32-30-28-26-24-22-20-17-14-11-8-5-2/h8,11,17,20,24,26,30,32,46,48,52,54,58,61,73H,4-7,9-10,12-16,18-19,21-23,25,27-29,31,33-45,47,49-51,53,55-57,59-60,62-72H2,1-3H3/b11-8-,20-17-,26-24-,32-30-,48-46-,54-52-,61-58-. The predicted octanol–water partition coefficient (Wildman–Crippen LogP) is 24.6. The molecule has 0 aromatic carbocycles. The number of rotatable bonds is 65. The zero-order valence-corrected chi connectivity index (χ0v) is 54.5. The van der Waals surface area contributed by atoms with Crippen LogP contribution in [0.2, 0.25) is 0 Å². The van der Waals surface area contributed by atoms with Crippen LogP contribution in [0.4, 0.5) is 0 Å². The minimum Gasteiger partial charge on any atom is -0.462 e. The predicted molar refractivity (Wildman–Crippen MR) is 358 cm³/mol. The second kappa shape index (κ2) is 70.1. The summed E-state index contributed by atoms with van der Waals surface area (Å²) in [4.78, 5) is 38.2. The van der Waals surface area contributed by atoms with E-state index in [9.17, 15) is 14.4 Å². The number of unbranched alkanes of at least 4 members (excludes halogenated alkanes) is 40. The van der Waals surface area contributed by atoms with E-state index in [2.05, 4.69) is 106 Å². The number of carbonyl (C=O) groups is 3. The van der Waals surface area contributed by atoms with Crippen molar-refractivity contribution in [2.24, 2.45) is 0 Å². The van der Waals surface area contributed by atoms with Gasteiger partial charge >= 0.3 is 17.9 Å². The van der Waals surface area contributed by atoms with Gasteiger partial charge in [-0.1, -0.05) is 356 Å². The van der Waals surface area contributed by atoms with Crippen molar-refractivity contribution < 1.29 is 28.6 Å². The molecule has 1 atom stereocenters. The molecule has 0 bridgehead atoms. The maximum absolute atomic E-state index is 12.9. The summed E-state index contributed by atoms with van der Waals surface area (Å²) in [5.41, 5.74) is 0. The van der Waals surface area contributed by atoms with Crippen LogP contribution >= 0.6 is 0 Å². The lowest BCUT2D eigenvalue weighted by atomic mass is 10.0. The Morgan fingerprint density at radius 2 is 0.476 bits per heavy atom. The summed E-state index contributed by atoms with van der Waals surface area (Å²) in [7, 11) is 0. The van der Waals surface area contributed by atoms with Crippen LogP contribution in [-0.2, 0) is 28.6 Å². The highest BCUT2D eigenvalue weighted by Crippen LogP contribution is 2.18. The Kier molecular flexibility index (Phi) is 67.2. The Balaban J connectivity index is 4.10. The number of ether oxygens (including phenoxy) is 3. The molecule has 0 aliphatic carbocycles. The van der Waals surface area contributed by atoms with E-state index in [0.29, 0.717) is 19.3 Å². The molecule has 0 amide bonds. The molecule has 0 saturated carbocycles. The van der Waals surface area contributed by atoms with E-state index >= 15 is 0 Å². The van der Waals surface area contributed by atoms with Gasteiger partial charge in [0.1, 0.15) is 13.2 Å². The van der Waals surface area contributed by atoms with Crippen molar-refractivity contribution in [2.45, 2.75) is 367 Å². The van der Waals surface area contributed by atoms with E-state index < -0.39 is 6.10 Å². The van der Waals surface area contributed by atoms with Gasteiger partial charge in [0.2, 0.25) is 0 Å². The van der Waals surface area contributed by atoms with E-state index in [4.69, 9.17) is 14.2 Å². The average molecular weight is 1140 g/mol. The molecule has 82 heavy (non-hydrogen) atoms. The summed E-state index contributed by atoms with van der Waals surface area (Å²) in [6.45, 7) is 6.49. The van der Waals surface area contributed by atoms with Crippen LogP contribution in [0.1, 0.15) is 361 Å². The van der Waals surface area contributed by atoms with Crippen LogP contribution < -0.4 is 0 Å². The number of carbonyl (C=O) groups excluding carboxylic acids is 3. The minimum absolute atomic E-state index is 0.0961. The van der Waals surface area contributed by atoms with Crippen molar-refractivity contribution in [1.29, 1.82) is 0 Å². The number of allylic oxidation sites excluding steroid dienone is 14. The van der Waals surface area contributed by atoms with Gasteiger partial charge in [0.05, 0.1) is 0 Å². The van der Waals surface area contributed by atoms with E-state index in [1.807, 2.05) is 0 Å². The lowest BCUT2D eigenvalue weighted by Gasteiger charge is -2.18. The van der Waals surface area contributed by atoms with Crippen molar-refractivity contribution in [2.75, 3.05) is 13.2 Å². The van der Waals surface area contributed by atoms with Gasteiger partial charge in [0.15, 0.2) is 6.10 Å². The molecule has 0 spiro atoms. The molecule has 6 heteroatoms. The molecule has 0 rings (SSSR count). The highest BCUT2D eigenvalue weighted by Gasteiger charge is 2.19. The van der Waals surface area contributed by atoms with Crippen LogP contribution in [0.25, 0.3) is 0 Å². The van der Waals surface area contributed by atoms with Crippen LogP contribution in [0, 0.1) is 0 Å². The van der Waals surface area contributed by atoms with Gasteiger partial charge in [-0.15, -0.1) is 0 Å². The molecule has 0 saturated heterocycles. The molecule has 1 unspecified atom stereocenters. The van der Waals surface area contributed by atoms with E-state index in [-0.39, 0.29) is 37.5 Å². The van der Waals surface area contributed by atoms with Gasteiger partial charge in [-0.25, -0.2) is 0 Å². The lowest BCUT2D eigenvalue weighted by Crippen LogP contribution is -2.30. The van der Waals surface area contributed by atoms with Crippen molar-refractivity contribution in [3.05, 3.63) is 85.1 Å². The Hall–Kier alpha value is -3.41. The van der Waals surface area contributed by atoms with Crippen molar-refractivity contribution in [1.82, 2.24) is 0 Å². The highest BCUT2D eigenvalue weighted by atomic mass is 16.6. The van der Waals surface area contributed by atoms with E-state index in [0.717, 1.165) is 89.9 Å². The quantitative estimate of drug-likeness (QED) is 0.0261. The first-order valence-electron chi connectivity index (χ1n) is 35.6. The second-order valence-electron chi connectivity index (χ2n) is 23.8. The van der Waals surface area contributed by atoms with E-state index in [1.54, 1.807) is 0 Å². The first-order valence-corrected chi connectivity index (χ1v) is 35.6. The fourth-order valence-corrected chi connectivity index (χ4v) is 10.4.